The van der Waals surface area contributed by atoms with Gasteiger partial charge in [-0.05, 0) is 25.5 Å². The molecule has 0 spiro atoms. The topological polar surface area (TPSA) is 61.3 Å². The number of aliphatic hydroxyl groups is 1. The van der Waals surface area contributed by atoms with Gasteiger partial charge < -0.3 is 10.4 Å². The van der Waals surface area contributed by atoms with Crippen LogP contribution in [-0.2, 0) is 6.54 Å². The zero-order valence-corrected chi connectivity index (χ0v) is 10.0. The van der Waals surface area contributed by atoms with Crippen LogP contribution in [0, 0.1) is 0 Å². The number of nitrogens with one attached hydrogen (secondary N) is 1. The summed E-state index contributed by atoms with van der Waals surface area (Å²) in [6, 6.07) is 2.36. The van der Waals surface area contributed by atoms with Gasteiger partial charge in [0.15, 0.2) is 0 Å². The van der Waals surface area contributed by atoms with E-state index in [0.717, 1.165) is 18.9 Å². The van der Waals surface area contributed by atoms with E-state index >= 15 is 0 Å². The van der Waals surface area contributed by atoms with Crippen molar-refractivity contribution in [1.29, 1.82) is 0 Å². The molecule has 94 valence electrons. The molecule has 0 radical (unpaired) electrons. The van der Waals surface area contributed by atoms with E-state index in [1.807, 2.05) is 6.07 Å². The molecule has 1 saturated heterocycles. The second kappa shape index (κ2) is 6.64. The summed E-state index contributed by atoms with van der Waals surface area (Å²) < 4.78 is 0. The SMILES string of the molecule is OCCN(Cc1ncccn1)CC1CCCN1. The van der Waals surface area contributed by atoms with E-state index in [4.69, 9.17) is 5.11 Å². The highest BCUT2D eigenvalue weighted by atomic mass is 16.3. The van der Waals surface area contributed by atoms with E-state index in [2.05, 4.69) is 20.2 Å². The minimum absolute atomic E-state index is 0.180. The number of hydrogen-bond donors (Lipinski definition) is 2. The van der Waals surface area contributed by atoms with Crippen LogP contribution in [0.25, 0.3) is 0 Å². The third kappa shape index (κ3) is 4.03. The van der Waals surface area contributed by atoms with Gasteiger partial charge in [0.05, 0.1) is 13.2 Å². The fourth-order valence-corrected chi connectivity index (χ4v) is 2.21. The van der Waals surface area contributed by atoms with Gasteiger partial charge in [-0.25, -0.2) is 9.97 Å². The predicted molar refractivity (Wildman–Crippen MR) is 65.4 cm³/mol. The maximum atomic E-state index is 9.09. The Morgan fingerprint density at radius 2 is 2.24 bits per heavy atom. The standard InChI is InChI=1S/C12H20N4O/c17-8-7-16(9-11-3-1-4-13-11)10-12-14-5-2-6-15-12/h2,5-6,11,13,17H,1,3-4,7-10H2. The summed E-state index contributed by atoms with van der Waals surface area (Å²) in [6.45, 7) is 3.63. The Balaban J connectivity index is 1.87. The van der Waals surface area contributed by atoms with Crippen molar-refractivity contribution in [3.05, 3.63) is 24.3 Å². The summed E-state index contributed by atoms with van der Waals surface area (Å²) in [5, 5.41) is 12.6. The van der Waals surface area contributed by atoms with Crippen molar-refractivity contribution >= 4 is 0 Å². The normalized spacial score (nSPS) is 20.0. The molecular formula is C12H20N4O. The third-order valence-corrected chi connectivity index (χ3v) is 3.04. The summed E-state index contributed by atoms with van der Waals surface area (Å²) >= 11 is 0. The molecule has 0 aliphatic carbocycles. The van der Waals surface area contributed by atoms with Gasteiger partial charge >= 0.3 is 0 Å². The highest BCUT2D eigenvalue weighted by molar-refractivity contribution is 4.89. The lowest BCUT2D eigenvalue weighted by Gasteiger charge is -2.23. The van der Waals surface area contributed by atoms with Crippen LogP contribution in [0.3, 0.4) is 0 Å². The zero-order chi connectivity index (χ0) is 11.9. The number of hydrogen-bond acceptors (Lipinski definition) is 5. The average Bonchev–Trinajstić information content (AvgIpc) is 2.83. The molecular weight excluding hydrogens is 216 g/mol. The highest BCUT2D eigenvalue weighted by Gasteiger charge is 2.18. The minimum atomic E-state index is 0.180. The number of aromatic nitrogens is 2. The lowest BCUT2D eigenvalue weighted by molar-refractivity contribution is 0.176. The first kappa shape index (κ1) is 12.4. The predicted octanol–water partition coefficient (Wildman–Crippen LogP) is 0.0229. The fraction of sp³-hybridized carbons (Fsp3) is 0.667. The first-order valence-corrected chi connectivity index (χ1v) is 6.21. The number of nitrogens with zero attached hydrogens (tertiary/aromatic N) is 3. The lowest BCUT2D eigenvalue weighted by atomic mass is 10.2. The summed E-state index contributed by atoms with van der Waals surface area (Å²) in [5.41, 5.74) is 0. The molecule has 0 saturated carbocycles. The Hall–Kier alpha value is -1.04. The van der Waals surface area contributed by atoms with Crippen molar-refractivity contribution in [2.75, 3.05) is 26.2 Å². The van der Waals surface area contributed by atoms with Crippen LogP contribution in [-0.4, -0.2) is 52.3 Å². The van der Waals surface area contributed by atoms with E-state index in [-0.39, 0.29) is 6.61 Å². The molecule has 5 nitrogen and oxygen atoms in total. The Kier molecular flexibility index (Phi) is 4.85. The molecule has 1 aliphatic rings. The average molecular weight is 236 g/mol. The van der Waals surface area contributed by atoms with Gasteiger partial charge in [0.1, 0.15) is 5.82 Å². The molecule has 17 heavy (non-hydrogen) atoms. The van der Waals surface area contributed by atoms with Crippen LogP contribution in [0.4, 0.5) is 0 Å². The van der Waals surface area contributed by atoms with E-state index in [0.29, 0.717) is 19.1 Å². The Morgan fingerprint density at radius 3 is 2.88 bits per heavy atom. The van der Waals surface area contributed by atoms with E-state index in [9.17, 15) is 0 Å². The van der Waals surface area contributed by atoms with Crippen LogP contribution in [0.2, 0.25) is 0 Å². The first-order valence-electron chi connectivity index (χ1n) is 6.21. The van der Waals surface area contributed by atoms with Crippen molar-refractivity contribution < 1.29 is 5.11 Å². The largest absolute Gasteiger partial charge is 0.395 e. The maximum Gasteiger partial charge on any atom is 0.142 e. The first-order chi connectivity index (χ1) is 8.38. The second-order valence-electron chi connectivity index (χ2n) is 4.42. The molecule has 0 bridgehead atoms. The quantitative estimate of drug-likeness (QED) is 0.729. The molecule has 1 aromatic rings. The van der Waals surface area contributed by atoms with Crippen molar-refractivity contribution in [1.82, 2.24) is 20.2 Å². The molecule has 2 rings (SSSR count). The van der Waals surface area contributed by atoms with E-state index < -0.39 is 0 Å². The molecule has 1 aromatic heterocycles. The maximum absolute atomic E-state index is 9.09. The van der Waals surface area contributed by atoms with Gasteiger partial charge in [0, 0.05) is 31.5 Å². The van der Waals surface area contributed by atoms with Crippen molar-refractivity contribution in [2.45, 2.75) is 25.4 Å². The van der Waals surface area contributed by atoms with E-state index in [1.165, 1.54) is 12.8 Å². The van der Waals surface area contributed by atoms with Crippen LogP contribution < -0.4 is 5.32 Å². The van der Waals surface area contributed by atoms with Gasteiger partial charge in [-0.3, -0.25) is 4.90 Å². The van der Waals surface area contributed by atoms with E-state index in [1.54, 1.807) is 12.4 Å². The van der Waals surface area contributed by atoms with Crippen molar-refractivity contribution in [2.24, 2.45) is 0 Å². The monoisotopic (exact) mass is 236 g/mol. The molecule has 0 amide bonds. The van der Waals surface area contributed by atoms with Gasteiger partial charge in [-0.2, -0.15) is 0 Å². The minimum Gasteiger partial charge on any atom is -0.395 e. The molecule has 1 atom stereocenters. The molecule has 1 aliphatic heterocycles. The highest BCUT2D eigenvalue weighted by Crippen LogP contribution is 2.08. The summed E-state index contributed by atoms with van der Waals surface area (Å²) in [6.07, 6.45) is 5.98. The molecule has 2 N–H and O–H groups in total. The molecule has 0 aromatic carbocycles. The Bertz CT molecular complexity index is 314. The number of rotatable bonds is 6. The third-order valence-electron chi connectivity index (χ3n) is 3.04. The van der Waals surface area contributed by atoms with Gasteiger partial charge in [-0.1, -0.05) is 0 Å². The van der Waals surface area contributed by atoms with Crippen LogP contribution in [0.1, 0.15) is 18.7 Å². The van der Waals surface area contributed by atoms with Gasteiger partial charge in [0.2, 0.25) is 0 Å². The number of aliphatic hydroxyl groups excluding tert-OH is 1. The molecule has 1 fully saturated rings. The second-order valence-corrected chi connectivity index (χ2v) is 4.42. The summed E-state index contributed by atoms with van der Waals surface area (Å²) in [5.74, 6) is 0.818. The fourth-order valence-electron chi connectivity index (χ4n) is 2.21. The lowest BCUT2D eigenvalue weighted by Crippen LogP contribution is -2.38. The van der Waals surface area contributed by atoms with Crippen LogP contribution in [0.5, 0.6) is 0 Å². The molecule has 1 unspecified atom stereocenters. The molecule has 2 heterocycles. The van der Waals surface area contributed by atoms with Gasteiger partial charge in [-0.15, -0.1) is 0 Å². The smallest absolute Gasteiger partial charge is 0.142 e. The zero-order valence-electron chi connectivity index (χ0n) is 10.0. The van der Waals surface area contributed by atoms with Crippen LogP contribution >= 0.6 is 0 Å². The summed E-state index contributed by atoms with van der Waals surface area (Å²) in [4.78, 5) is 10.6. The van der Waals surface area contributed by atoms with Crippen LogP contribution in [0.15, 0.2) is 18.5 Å². The Labute approximate surface area is 102 Å². The van der Waals surface area contributed by atoms with Crippen molar-refractivity contribution in [3.8, 4) is 0 Å². The molecule has 5 heteroatoms. The summed E-state index contributed by atoms with van der Waals surface area (Å²) in [7, 11) is 0. The van der Waals surface area contributed by atoms with Gasteiger partial charge in [0.25, 0.3) is 0 Å². The Morgan fingerprint density at radius 1 is 1.41 bits per heavy atom. The van der Waals surface area contributed by atoms with Crippen molar-refractivity contribution in [3.63, 3.8) is 0 Å².